The highest BCUT2D eigenvalue weighted by Crippen LogP contribution is 2.42. The summed E-state index contributed by atoms with van der Waals surface area (Å²) in [5.41, 5.74) is 3.42. The number of carbonyl (C=O) groups is 1. The second kappa shape index (κ2) is 14.8. The Morgan fingerprint density at radius 1 is 0.977 bits per heavy atom. The van der Waals surface area contributed by atoms with E-state index in [1.165, 1.54) is 19.2 Å². The number of fused-ring (bicyclic) bond motifs is 1. The van der Waals surface area contributed by atoms with Crippen LogP contribution in [0.3, 0.4) is 0 Å². The Bertz CT molecular complexity index is 1510. The maximum atomic E-state index is 12.5. The molecule has 234 valence electrons. The average Bonchev–Trinajstić information content (AvgIpc) is 3.11. The fourth-order valence-electron chi connectivity index (χ4n) is 4.22. The number of nitrogens with one attached hydrogen (secondary N) is 2. The van der Waals surface area contributed by atoms with Gasteiger partial charge in [0.25, 0.3) is 0 Å². The van der Waals surface area contributed by atoms with Gasteiger partial charge in [0.1, 0.15) is 28.8 Å². The first-order valence-electron chi connectivity index (χ1n) is 13.3. The Balaban J connectivity index is 1.60. The van der Waals surface area contributed by atoms with Crippen molar-refractivity contribution >= 4 is 34.8 Å². The van der Waals surface area contributed by atoms with Crippen LogP contribution in [0.25, 0.3) is 11.3 Å². The molecule has 1 heterocycles. The van der Waals surface area contributed by atoms with Crippen molar-refractivity contribution < 1.29 is 46.4 Å². The Kier molecular flexibility index (Phi) is 10.9. The summed E-state index contributed by atoms with van der Waals surface area (Å²) >= 11 is 6.48. The largest absolute Gasteiger partial charge is 0.573 e. The maximum absolute atomic E-state index is 12.5. The van der Waals surface area contributed by atoms with Crippen LogP contribution in [0.15, 0.2) is 72.4 Å². The molecule has 3 aromatic carbocycles. The summed E-state index contributed by atoms with van der Waals surface area (Å²) in [6.07, 6.45) is -3.23. The van der Waals surface area contributed by atoms with Crippen molar-refractivity contribution in [3.05, 3.63) is 88.6 Å². The van der Waals surface area contributed by atoms with Crippen molar-refractivity contribution in [3.8, 4) is 23.0 Å². The van der Waals surface area contributed by atoms with Gasteiger partial charge in [-0.2, -0.15) is 0 Å². The average molecular weight is 635 g/mol. The standard InChI is InChI=1S/C31H30ClF3N2O7/c1-19-17-37-26-16-27(39-3)25(32)15-24(26)29(41-18-42-30(38)40-14-4-13-36-2)28(19)20-5-7-21(8-6-20)43-22-9-11-23(12-10-22)44-31(33,34)35/h5-12,15-17,36-37H,4,13-14,18H2,1-3H3. The van der Waals surface area contributed by atoms with Crippen LogP contribution >= 0.6 is 11.6 Å². The van der Waals surface area contributed by atoms with E-state index < -0.39 is 19.3 Å². The number of hydrogen-bond acceptors (Lipinski definition) is 9. The van der Waals surface area contributed by atoms with Gasteiger partial charge in [0.2, 0.25) is 6.79 Å². The smallest absolute Gasteiger partial charge is 0.495 e. The van der Waals surface area contributed by atoms with Crippen LogP contribution in [0.4, 0.5) is 23.7 Å². The third-order valence-electron chi connectivity index (χ3n) is 6.21. The molecule has 0 amide bonds. The van der Waals surface area contributed by atoms with Gasteiger partial charge in [-0.25, -0.2) is 4.79 Å². The van der Waals surface area contributed by atoms with Crippen LogP contribution in [0.2, 0.25) is 5.02 Å². The van der Waals surface area contributed by atoms with Crippen molar-refractivity contribution in [2.75, 3.05) is 39.4 Å². The normalized spacial score (nSPS) is 12.8. The van der Waals surface area contributed by atoms with Gasteiger partial charge in [0.15, 0.2) is 0 Å². The predicted octanol–water partition coefficient (Wildman–Crippen LogP) is 7.97. The molecule has 44 heavy (non-hydrogen) atoms. The van der Waals surface area contributed by atoms with Crippen LogP contribution in [-0.2, 0) is 14.2 Å². The summed E-state index contributed by atoms with van der Waals surface area (Å²) in [5, 5.41) is 6.55. The molecule has 0 bridgehead atoms. The van der Waals surface area contributed by atoms with Gasteiger partial charge in [-0.15, -0.1) is 13.2 Å². The second-order valence-electron chi connectivity index (χ2n) is 9.32. The minimum Gasteiger partial charge on any atom is -0.495 e. The van der Waals surface area contributed by atoms with Gasteiger partial charge in [-0.1, -0.05) is 23.7 Å². The zero-order valence-electron chi connectivity index (χ0n) is 24.0. The third kappa shape index (κ3) is 8.74. The summed E-state index contributed by atoms with van der Waals surface area (Å²) in [6.45, 7) is 2.32. The molecule has 0 aliphatic carbocycles. The number of methoxy groups -OCH3 is 1. The van der Waals surface area contributed by atoms with Crippen LogP contribution in [0.5, 0.6) is 23.0 Å². The number of hydrogen-bond donors (Lipinski definition) is 2. The fraction of sp³-hybridized carbons (Fsp3) is 0.258. The number of carbonyl (C=O) groups excluding carboxylic acids is 1. The van der Waals surface area contributed by atoms with Gasteiger partial charge in [-0.05, 0) is 80.5 Å². The number of ether oxygens (including phenoxy) is 6. The first kappa shape index (κ1) is 32.4. The minimum atomic E-state index is -4.78. The highest BCUT2D eigenvalue weighted by Gasteiger charge is 2.31. The Labute approximate surface area is 257 Å². The summed E-state index contributed by atoms with van der Waals surface area (Å²) in [7, 11) is 3.31. The molecule has 9 nitrogen and oxygen atoms in total. The predicted molar refractivity (Wildman–Crippen MR) is 159 cm³/mol. The van der Waals surface area contributed by atoms with Crippen molar-refractivity contribution in [3.63, 3.8) is 0 Å². The fourth-order valence-corrected chi connectivity index (χ4v) is 4.46. The van der Waals surface area contributed by atoms with Gasteiger partial charge in [0.05, 0.1) is 24.4 Å². The van der Waals surface area contributed by atoms with E-state index in [4.69, 9.17) is 35.3 Å². The number of allylic oxidation sites excluding steroid dienone is 2. The van der Waals surface area contributed by atoms with E-state index in [2.05, 4.69) is 15.4 Å². The molecule has 0 unspecified atom stereocenters. The van der Waals surface area contributed by atoms with Crippen molar-refractivity contribution in [1.29, 1.82) is 0 Å². The van der Waals surface area contributed by atoms with E-state index in [9.17, 15) is 18.0 Å². The molecule has 0 fully saturated rings. The van der Waals surface area contributed by atoms with Crippen molar-refractivity contribution in [2.24, 2.45) is 0 Å². The van der Waals surface area contributed by atoms with E-state index in [0.717, 1.165) is 23.3 Å². The number of anilines is 1. The highest BCUT2D eigenvalue weighted by molar-refractivity contribution is 6.32. The minimum absolute atomic E-state index is 0.192. The SMILES string of the molecule is CNCCCOC(=O)OCOC1=C(c2ccc(Oc3ccc(OC(F)(F)F)cc3)cc2)C(C)=CNc2cc(OC)c(Cl)cc21. The maximum Gasteiger partial charge on any atom is 0.573 e. The topological polar surface area (TPSA) is 96.5 Å². The lowest BCUT2D eigenvalue weighted by atomic mass is 9.95. The van der Waals surface area contributed by atoms with Crippen LogP contribution in [0, 0.1) is 0 Å². The Morgan fingerprint density at radius 3 is 2.27 bits per heavy atom. The third-order valence-corrected chi connectivity index (χ3v) is 6.50. The molecular weight excluding hydrogens is 605 g/mol. The molecule has 0 saturated carbocycles. The van der Waals surface area contributed by atoms with Gasteiger partial charge >= 0.3 is 12.5 Å². The summed E-state index contributed by atoms with van der Waals surface area (Å²) in [6, 6.07) is 15.5. The van der Waals surface area contributed by atoms with E-state index in [1.54, 1.807) is 49.6 Å². The molecule has 0 saturated heterocycles. The number of halogens is 4. The molecule has 0 aromatic heterocycles. The van der Waals surface area contributed by atoms with Crippen molar-refractivity contribution in [2.45, 2.75) is 19.7 Å². The van der Waals surface area contributed by atoms with Crippen molar-refractivity contribution in [1.82, 2.24) is 5.32 Å². The van der Waals surface area contributed by atoms with Crippen LogP contribution < -0.4 is 24.8 Å². The lowest BCUT2D eigenvalue weighted by molar-refractivity contribution is -0.274. The Hall–Kier alpha value is -4.55. The molecule has 1 aliphatic heterocycles. The molecule has 1 aliphatic rings. The Morgan fingerprint density at radius 2 is 1.64 bits per heavy atom. The number of alkyl halides is 3. The lowest BCUT2D eigenvalue weighted by Crippen LogP contribution is -2.16. The monoisotopic (exact) mass is 634 g/mol. The zero-order chi connectivity index (χ0) is 31.7. The summed E-state index contributed by atoms with van der Waals surface area (Å²) < 4.78 is 68.7. The highest BCUT2D eigenvalue weighted by atomic mass is 35.5. The molecule has 4 rings (SSSR count). The molecule has 0 atom stereocenters. The van der Waals surface area contributed by atoms with Gasteiger partial charge < -0.3 is 39.1 Å². The molecule has 0 radical (unpaired) electrons. The lowest BCUT2D eigenvalue weighted by Gasteiger charge is -2.18. The van der Waals surface area contributed by atoms with E-state index in [0.29, 0.717) is 57.8 Å². The quantitative estimate of drug-likeness (QED) is 0.117. The molecule has 2 N–H and O–H groups in total. The second-order valence-corrected chi connectivity index (χ2v) is 9.72. The van der Waals surface area contributed by atoms with Gasteiger partial charge in [-0.3, -0.25) is 0 Å². The van der Waals surface area contributed by atoms with Crippen LogP contribution in [-0.4, -0.2) is 46.6 Å². The zero-order valence-corrected chi connectivity index (χ0v) is 24.8. The summed E-state index contributed by atoms with van der Waals surface area (Å²) in [5.74, 6) is 1.23. The molecule has 13 heteroatoms. The first-order chi connectivity index (χ1) is 21.1. The molecule has 3 aromatic rings. The number of benzene rings is 3. The van der Waals surface area contributed by atoms with E-state index in [-0.39, 0.29) is 12.4 Å². The number of rotatable bonds is 12. The molecular formula is C31H30ClF3N2O7. The molecule has 0 spiro atoms. The van der Waals surface area contributed by atoms with Crippen LogP contribution in [0.1, 0.15) is 24.5 Å². The van der Waals surface area contributed by atoms with E-state index >= 15 is 0 Å². The summed E-state index contributed by atoms with van der Waals surface area (Å²) in [4.78, 5) is 12.1. The first-order valence-corrected chi connectivity index (χ1v) is 13.7. The van der Waals surface area contributed by atoms with E-state index in [1.807, 2.05) is 6.92 Å². The van der Waals surface area contributed by atoms with Gasteiger partial charge in [0, 0.05) is 23.4 Å².